The van der Waals surface area contributed by atoms with E-state index in [-0.39, 0.29) is 5.41 Å². The van der Waals surface area contributed by atoms with Gasteiger partial charge in [0.15, 0.2) is 0 Å². The average Bonchev–Trinajstić information content (AvgIpc) is 2.89. The van der Waals surface area contributed by atoms with Gasteiger partial charge in [0.2, 0.25) is 0 Å². The molecule has 1 atom stereocenters. The fraction of sp³-hybridized carbons (Fsp3) is 0.500. The van der Waals surface area contributed by atoms with E-state index in [1.807, 2.05) is 18.2 Å². The summed E-state index contributed by atoms with van der Waals surface area (Å²) in [6, 6.07) is 10.3. The van der Waals surface area contributed by atoms with Crippen LogP contribution in [-0.4, -0.2) is 25.5 Å². The Balaban J connectivity index is 2.11. The van der Waals surface area contributed by atoms with Gasteiger partial charge in [-0.15, -0.1) is 0 Å². The summed E-state index contributed by atoms with van der Waals surface area (Å²) in [4.78, 5) is 3.95. The van der Waals surface area contributed by atoms with Crippen molar-refractivity contribution in [2.75, 3.05) is 0 Å². The Morgan fingerprint density at radius 3 is 2.40 bits per heavy atom. The fourth-order valence-corrected chi connectivity index (χ4v) is 2.27. The number of hydrogen-bond acceptors (Lipinski definition) is 3. The molecule has 1 aromatic carbocycles. The second-order valence-corrected chi connectivity index (χ2v) is 6.36. The van der Waals surface area contributed by atoms with Crippen molar-refractivity contribution >= 4 is 0 Å². The van der Waals surface area contributed by atoms with Gasteiger partial charge in [-0.25, -0.2) is 4.98 Å². The average molecular weight is 273 g/mol. The molecule has 0 bridgehead atoms. The van der Waals surface area contributed by atoms with E-state index in [1.54, 1.807) is 11.0 Å². The molecule has 0 spiro atoms. The van der Waals surface area contributed by atoms with E-state index in [1.165, 1.54) is 11.9 Å². The van der Waals surface area contributed by atoms with Crippen LogP contribution in [0.1, 0.15) is 32.8 Å². The number of rotatable bonds is 5. The summed E-state index contributed by atoms with van der Waals surface area (Å²) in [5.41, 5.74) is 0.193. The number of benzene rings is 1. The van der Waals surface area contributed by atoms with E-state index in [4.69, 9.17) is 0 Å². The van der Waals surface area contributed by atoms with Crippen LogP contribution in [0.4, 0.5) is 0 Å². The lowest BCUT2D eigenvalue weighted by Crippen LogP contribution is -2.47. The lowest BCUT2D eigenvalue weighted by Gasteiger charge is -2.40. The molecule has 0 aliphatic rings. The second kappa shape index (κ2) is 5.75. The van der Waals surface area contributed by atoms with Crippen LogP contribution < -0.4 is 0 Å². The smallest absolute Gasteiger partial charge is 0.137 e. The second-order valence-electron chi connectivity index (χ2n) is 6.36. The van der Waals surface area contributed by atoms with E-state index in [0.717, 1.165) is 6.42 Å². The Morgan fingerprint density at radius 2 is 1.85 bits per heavy atom. The monoisotopic (exact) mass is 273 g/mol. The molecular formula is C16H23N3O. The van der Waals surface area contributed by atoms with Gasteiger partial charge in [-0.1, -0.05) is 51.1 Å². The van der Waals surface area contributed by atoms with Crippen molar-refractivity contribution in [2.24, 2.45) is 5.41 Å². The van der Waals surface area contributed by atoms with E-state index in [2.05, 4.69) is 43.0 Å². The molecule has 0 saturated carbocycles. The lowest BCUT2D eigenvalue weighted by molar-refractivity contribution is -0.0796. The van der Waals surface area contributed by atoms with Crippen molar-refractivity contribution in [3.8, 4) is 0 Å². The molecule has 20 heavy (non-hydrogen) atoms. The van der Waals surface area contributed by atoms with Crippen LogP contribution >= 0.6 is 0 Å². The molecule has 0 radical (unpaired) electrons. The molecule has 1 N–H and O–H groups in total. The molecule has 0 amide bonds. The van der Waals surface area contributed by atoms with Crippen molar-refractivity contribution in [1.82, 2.24) is 14.8 Å². The predicted molar refractivity (Wildman–Crippen MR) is 79.2 cm³/mol. The Bertz CT molecular complexity index is 516. The predicted octanol–water partition coefficient (Wildman–Crippen LogP) is 2.69. The van der Waals surface area contributed by atoms with Gasteiger partial charge in [0.05, 0.1) is 12.1 Å². The van der Waals surface area contributed by atoms with Gasteiger partial charge < -0.3 is 5.11 Å². The summed E-state index contributed by atoms with van der Waals surface area (Å²) >= 11 is 0. The number of aryl methyl sites for hydroxylation is 1. The van der Waals surface area contributed by atoms with E-state index in [0.29, 0.717) is 13.0 Å². The molecule has 1 aromatic heterocycles. The topological polar surface area (TPSA) is 50.9 Å². The number of nitrogens with zero attached hydrogens (tertiary/aromatic N) is 3. The third-order valence-corrected chi connectivity index (χ3v) is 3.96. The van der Waals surface area contributed by atoms with Crippen LogP contribution in [0.3, 0.4) is 0 Å². The van der Waals surface area contributed by atoms with Gasteiger partial charge in [-0.2, -0.15) is 5.10 Å². The SMILES string of the molecule is CC(C)(C)[C@](O)(CCc1ccccc1)Cn1cncn1. The van der Waals surface area contributed by atoms with Crippen LogP contribution in [0.25, 0.3) is 0 Å². The molecule has 4 nitrogen and oxygen atoms in total. The molecule has 0 unspecified atom stereocenters. The van der Waals surface area contributed by atoms with Crippen LogP contribution in [-0.2, 0) is 13.0 Å². The summed E-state index contributed by atoms with van der Waals surface area (Å²) in [6.45, 7) is 6.65. The molecule has 4 heteroatoms. The maximum atomic E-state index is 11.1. The minimum Gasteiger partial charge on any atom is -0.387 e. The fourth-order valence-electron chi connectivity index (χ4n) is 2.27. The summed E-state index contributed by atoms with van der Waals surface area (Å²) in [7, 11) is 0. The normalized spacial score (nSPS) is 15.0. The summed E-state index contributed by atoms with van der Waals surface area (Å²) in [5, 5.41) is 15.2. The van der Waals surface area contributed by atoms with Crippen molar-refractivity contribution in [1.29, 1.82) is 0 Å². The minimum absolute atomic E-state index is 0.228. The van der Waals surface area contributed by atoms with Gasteiger partial charge in [-0.3, -0.25) is 4.68 Å². The maximum absolute atomic E-state index is 11.1. The number of aliphatic hydroxyl groups is 1. The maximum Gasteiger partial charge on any atom is 0.137 e. The number of aromatic nitrogens is 3. The first kappa shape index (κ1) is 14.7. The molecule has 0 fully saturated rings. The van der Waals surface area contributed by atoms with Gasteiger partial charge >= 0.3 is 0 Å². The minimum atomic E-state index is -0.823. The van der Waals surface area contributed by atoms with Crippen LogP contribution in [0.5, 0.6) is 0 Å². The first-order chi connectivity index (χ1) is 9.41. The summed E-state index contributed by atoms with van der Waals surface area (Å²) in [6.07, 6.45) is 4.70. The molecule has 0 saturated heterocycles. The summed E-state index contributed by atoms with van der Waals surface area (Å²) in [5.74, 6) is 0. The highest BCUT2D eigenvalue weighted by Gasteiger charge is 2.40. The molecule has 2 rings (SSSR count). The van der Waals surface area contributed by atoms with Crippen LogP contribution in [0.15, 0.2) is 43.0 Å². The Labute approximate surface area is 120 Å². The van der Waals surface area contributed by atoms with Gasteiger partial charge in [0, 0.05) is 0 Å². The molecular weight excluding hydrogens is 250 g/mol. The lowest BCUT2D eigenvalue weighted by atomic mass is 9.73. The zero-order valence-corrected chi connectivity index (χ0v) is 12.5. The molecule has 2 aromatic rings. The Hall–Kier alpha value is -1.68. The number of hydrogen-bond donors (Lipinski definition) is 1. The van der Waals surface area contributed by atoms with E-state index < -0.39 is 5.60 Å². The van der Waals surface area contributed by atoms with Crippen molar-refractivity contribution in [3.63, 3.8) is 0 Å². The third-order valence-electron chi connectivity index (χ3n) is 3.96. The zero-order valence-electron chi connectivity index (χ0n) is 12.5. The standard InChI is InChI=1S/C16H23N3O/c1-15(2,3)16(20,11-19-13-17-12-18-19)10-9-14-7-5-4-6-8-14/h4-8,12-13,20H,9-11H2,1-3H3/t16-/m0/s1. The first-order valence-corrected chi connectivity index (χ1v) is 6.99. The van der Waals surface area contributed by atoms with Crippen molar-refractivity contribution in [2.45, 2.75) is 45.8 Å². The quantitative estimate of drug-likeness (QED) is 0.911. The highest BCUT2D eigenvalue weighted by atomic mass is 16.3. The van der Waals surface area contributed by atoms with Crippen LogP contribution in [0.2, 0.25) is 0 Å². The Morgan fingerprint density at radius 1 is 1.15 bits per heavy atom. The van der Waals surface area contributed by atoms with Crippen molar-refractivity contribution < 1.29 is 5.11 Å². The van der Waals surface area contributed by atoms with Crippen LogP contribution in [0, 0.1) is 5.41 Å². The van der Waals surface area contributed by atoms with E-state index >= 15 is 0 Å². The molecule has 0 aliphatic carbocycles. The van der Waals surface area contributed by atoms with Gasteiger partial charge in [0.1, 0.15) is 12.7 Å². The third kappa shape index (κ3) is 3.45. The molecule has 0 aliphatic heterocycles. The first-order valence-electron chi connectivity index (χ1n) is 6.99. The highest BCUT2D eigenvalue weighted by Crippen LogP contribution is 2.35. The molecule has 1 heterocycles. The van der Waals surface area contributed by atoms with Gasteiger partial charge in [-0.05, 0) is 23.8 Å². The summed E-state index contributed by atoms with van der Waals surface area (Å²) < 4.78 is 1.70. The largest absolute Gasteiger partial charge is 0.387 e. The highest BCUT2D eigenvalue weighted by molar-refractivity contribution is 5.15. The van der Waals surface area contributed by atoms with E-state index in [9.17, 15) is 5.11 Å². The zero-order chi connectivity index (χ0) is 14.6. The molecule has 108 valence electrons. The Kier molecular flexibility index (Phi) is 4.23. The van der Waals surface area contributed by atoms with Crippen molar-refractivity contribution in [3.05, 3.63) is 48.5 Å². The van der Waals surface area contributed by atoms with Gasteiger partial charge in [0.25, 0.3) is 0 Å².